The average molecular weight is 271 g/mol. The molecule has 0 aliphatic heterocycles. The van der Waals surface area contributed by atoms with E-state index in [1.807, 2.05) is 0 Å². The minimum Gasteiger partial charge on any atom is -0.367 e. The summed E-state index contributed by atoms with van der Waals surface area (Å²) in [6, 6.07) is 4.63. The number of nitrogens with zero attached hydrogens (tertiary/aromatic N) is 1. The number of rotatable bonds is 1. The number of aromatic nitrogens is 1. The zero-order chi connectivity index (χ0) is 11.0. The fraction of sp³-hybridized carbons (Fsp3) is 0.100. The van der Waals surface area contributed by atoms with Crippen LogP contribution < -0.4 is 5.73 Å². The van der Waals surface area contributed by atoms with E-state index in [2.05, 4.69) is 21.1 Å². The van der Waals surface area contributed by atoms with E-state index in [1.54, 1.807) is 19.1 Å². The van der Waals surface area contributed by atoms with Crippen LogP contribution in [-0.4, -0.2) is 5.16 Å². The average Bonchev–Trinajstić information content (AvgIpc) is 2.52. The van der Waals surface area contributed by atoms with Crippen molar-refractivity contribution in [3.63, 3.8) is 0 Å². The molecule has 1 aromatic heterocycles. The molecule has 0 spiro atoms. The lowest BCUT2D eigenvalue weighted by Gasteiger charge is -2.00. The zero-order valence-corrected chi connectivity index (χ0v) is 9.51. The number of halogens is 2. The van der Waals surface area contributed by atoms with Crippen molar-refractivity contribution in [2.24, 2.45) is 0 Å². The summed E-state index contributed by atoms with van der Waals surface area (Å²) in [7, 11) is 0. The molecule has 0 fully saturated rings. The van der Waals surface area contributed by atoms with Crippen molar-refractivity contribution in [1.29, 1.82) is 0 Å². The SMILES string of the molecule is Cc1c(-c2cc(Br)ccc2F)noc1N. The molecule has 15 heavy (non-hydrogen) atoms. The Balaban J connectivity index is 2.63. The van der Waals surface area contributed by atoms with E-state index in [0.717, 1.165) is 4.47 Å². The zero-order valence-electron chi connectivity index (χ0n) is 7.92. The van der Waals surface area contributed by atoms with Gasteiger partial charge in [-0.1, -0.05) is 21.1 Å². The van der Waals surface area contributed by atoms with Crippen LogP contribution in [0.15, 0.2) is 27.2 Å². The highest BCUT2D eigenvalue weighted by atomic mass is 79.9. The van der Waals surface area contributed by atoms with E-state index in [-0.39, 0.29) is 11.7 Å². The third kappa shape index (κ3) is 1.74. The van der Waals surface area contributed by atoms with Crippen LogP contribution in [0.5, 0.6) is 0 Å². The standard InChI is InChI=1S/C10H8BrFN2O/c1-5-9(14-15-10(5)13)7-4-6(11)2-3-8(7)12/h2-4H,13H2,1H3. The summed E-state index contributed by atoms with van der Waals surface area (Å²) in [6.07, 6.45) is 0. The molecule has 0 atom stereocenters. The van der Waals surface area contributed by atoms with Crippen molar-refractivity contribution < 1.29 is 8.91 Å². The van der Waals surface area contributed by atoms with Crippen LogP contribution in [0.3, 0.4) is 0 Å². The van der Waals surface area contributed by atoms with Crippen LogP contribution in [0, 0.1) is 12.7 Å². The Morgan fingerprint density at radius 2 is 2.20 bits per heavy atom. The normalized spacial score (nSPS) is 10.6. The van der Waals surface area contributed by atoms with Crippen molar-refractivity contribution in [1.82, 2.24) is 5.16 Å². The van der Waals surface area contributed by atoms with Crippen LogP contribution in [-0.2, 0) is 0 Å². The van der Waals surface area contributed by atoms with Crippen LogP contribution in [0.4, 0.5) is 10.3 Å². The molecule has 1 aromatic carbocycles. The first-order valence-electron chi connectivity index (χ1n) is 4.26. The Morgan fingerprint density at radius 1 is 1.47 bits per heavy atom. The smallest absolute Gasteiger partial charge is 0.225 e. The number of benzene rings is 1. The summed E-state index contributed by atoms with van der Waals surface area (Å²) >= 11 is 3.27. The van der Waals surface area contributed by atoms with E-state index in [4.69, 9.17) is 10.3 Å². The highest BCUT2D eigenvalue weighted by Crippen LogP contribution is 2.30. The Morgan fingerprint density at radius 3 is 2.80 bits per heavy atom. The van der Waals surface area contributed by atoms with Crippen LogP contribution in [0.25, 0.3) is 11.3 Å². The van der Waals surface area contributed by atoms with Crippen LogP contribution >= 0.6 is 15.9 Å². The van der Waals surface area contributed by atoms with Gasteiger partial charge in [-0.2, -0.15) is 0 Å². The van der Waals surface area contributed by atoms with Crippen molar-refractivity contribution in [3.05, 3.63) is 34.1 Å². The number of nitrogen functional groups attached to an aromatic ring is 1. The van der Waals surface area contributed by atoms with E-state index in [9.17, 15) is 4.39 Å². The number of anilines is 1. The molecule has 0 radical (unpaired) electrons. The molecule has 0 unspecified atom stereocenters. The first-order valence-corrected chi connectivity index (χ1v) is 5.06. The third-order valence-corrected chi connectivity index (χ3v) is 2.64. The fourth-order valence-corrected chi connectivity index (χ4v) is 1.64. The lowest BCUT2D eigenvalue weighted by atomic mass is 10.1. The predicted octanol–water partition coefficient (Wildman–Crippen LogP) is 3.13. The molecule has 5 heteroatoms. The molecule has 2 aromatic rings. The highest BCUT2D eigenvalue weighted by Gasteiger charge is 2.15. The lowest BCUT2D eigenvalue weighted by molar-refractivity contribution is 0.438. The Bertz CT molecular complexity index is 510. The van der Waals surface area contributed by atoms with Gasteiger partial charge in [-0.05, 0) is 25.1 Å². The van der Waals surface area contributed by atoms with Gasteiger partial charge in [-0.3, -0.25) is 0 Å². The second kappa shape index (κ2) is 3.66. The van der Waals surface area contributed by atoms with Gasteiger partial charge in [0.25, 0.3) is 0 Å². The van der Waals surface area contributed by atoms with Gasteiger partial charge in [0.1, 0.15) is 11.5 Å². The summed E-state index contributed by atoms with van der Waals surface area (Å²) in [6.45, 7) is 1.74. The minimum atomic E-state index is -0.352. The molecular weight excluding hydrogens is 263 g/mol. The molecule has 78 valence electrons. The van der Waals surface area contributed by atoms with E-state index in [1.165, 1.54) is 6.07 Å². The van der Waals surface area contributed by atoms with Crippen molar-refractivity contribution in [3.8, 4) is 11.3 Å². The molecule has 2 rings (SSSR count). The molecule has 0 saturated carbocycles. The van der Waals surface area contributed by atoms with Gasteiger partial charge in [0.2, 0.25) is 5.88 Å². The maximum absolute atomic E-state index is 13.5. The summed E-state index contributed by atoms with van der Waals surface area (Å²) in [4.78, 5) is 0. The van der Waals surface area contributed by atoms with Gasteiger partial charge in [-0.25, -0.2) is 4.39 Å². The molecule has 2 N–H and O–H groups in total. The molecule has 3 nitrogen and oxygen atoms in total. The number of hydrogen-bond acceptors (Lipinski definition) is 3. The fourth-order valence-electron chi connectivity index (χ4n) is 1.28. The predicted molar refractivity (Wildman–Crippen MR) is 58.7 cm³/mol. The minimum absolute atomic E-state index is 0.212. The second-order valence-corrected chi connectivity index (χ2v) is 4.06. The maximum Gasteiger partial charge on any atom is 0.225 e. The van der Waals surface area contributed by atoms with Gasteiger partial charge < -0.3 is 10.3 Å². The van der Waals surface area contributed by atoms with E-state index < -0.39 is 0 Å². The first-order chi connectivity index (χ1) is 7.09. The van der Waals surface area contributed by atoms with Crippen molar-refractivity contribution in [2.45, 2.75) is 6.92 Å². The van der Waals surface area contributed by atoms with Crippen LogP contribution in [0.2, 0.25) is 0 Å². The van der Waals surface area contributed by atoms with Gasteiger partial charge in [-0.15, -0.1) is 0 Å². The molecule has 0 saturated heterocycles. The molecule has 1 heterocycles. The van der Waals surface area contributed by atoms with Gasteiger partial charge in [0, 0.05) is 15.6 Å². The van der Waals surface area contributed by atoms with Gasteiger partial charge in [0.15, 0.2) is 0 Å². The number of hydrogen-bond donors (Lipinski definition) is 1. The summed E-state index contributed by atoms with van der Waals surface area (Å²) in [5.41, 5.74) is 6.96. The molecule has 0 amide bonds. The van der Waals surface area contributed by atoms with Crippen molar-refractivity contribution in [2.75, 3.05) is 5.73 Å². The molecule has 0 bridgehead atoms. The maximum atomic E-state index is 13.5. The largest absolute Gasteiger partial charge is 0.367 e. The Kier molecular flexibility index (Phi) is 2.48. The summed E-state index contributed by atoms with van der Waals surface area (Å²) < 4.78 is 19.1. The Labute approximate surface area is 94.2 Å². The number of nitrogens with two attached hydrogens (primary N) is 1. The first kappa shape index (κ1) is 10.2. The van der Waals surface area contributed by atoms with E-state index in [0.29, 0.717) is 16.8 Å². The molecule has 0 aliphatic carbocycles. The van der Waals surface area contributed by atoms with Gasteiger partial charge >= 0.3 is 0 Å². The second-order valence-electron chi connectivity index (χ2n) is 3.14. The Hall–Kier alpha value is -1.36. The quantitative estimate of drug-likeness (QED) is 0.866. The molecule has 0 aliphatic rings. The third-order valence-electron chi connectivity index (χ3n) is 2.14. The summed E-state index contributed by atoms with van der Waals surface area (Å²) in [5, 5.41) is 3.73. The van der Waals surface area contributed by atoms with E-state index >= 15 is 0 Å². The monoisotopic (exact) mass is 270 g/mol. The lowest BCUT2D eigenvalue weighted by Crippen LogP contribution is -1.88. The topological polar surface area (TPSA) is 52.0 Å². The highest BCUT2D eigenvalue weighted by molar-refractivity contribution is 9.10. The summed E-state index contributed by atoms with van der Waals surface area (Å²) in [5.74, 6) is -0.140. The van der Waals surface area contributed by atoms with Crippen molar-refractivity contribution >= 4 is 21.8 Å². The molecular formula is C10H8BrFN2O. The van der Waals surface area contributed by atoms with Gasteiger partial charge in [0.05, 0.1) is 0 Å². The van der Waals surface area contributed by atoms with Crippen LogP contribution in [0.1, 0.15) is 5.56 Å².